The van der Waals surface area contributed by atoms with E-state index >= 15 is 0 Å². The standard InChI is InChI=1S/C21H23Cl2NOS/c1-2-3-4-5-15-6-8-16(9-7-15)20(25)24-12-13-26-21(24)18-11-10-17(22)14-19(18)23/h6-11,14,21H,2-5,12-13H2,1H3/t21-/m0/s1. The molecule has 1 heterocycles. The Kier molecular flexibility index (Phi) is 6.91. The molecule has 1 fully saturated rings. The Hall–Kier alpha value is -1.16. The van der Waals surface area contributed by atoms with Crippen LogP contribution >= 0.6 is 35.0 Å². The van der Waals surface area contributed by atoms with Gasteiger partial charge in [-0.1, -0.05) is 61.2 Å². The van der Waals surface area contributed by atoms with Gasteiger partial charge < -0.3 is 4.90 Å². The van der Waals surface area contributed by atoms with Crippen molar-refractivity contribution in [1.82, 2.24) is 4.90 Å². The molecule has 2 aromatic carbocycles. The van der Waals surface area contributed by atoms with E-state index in [4.69, 9.17) is 23.2 Å². The molecular formula is C21H23Cl2NOS. The number of rotatable bonds is 6. The van der Waals surface area contributed by atoms with Gasteiger partial charge in [0.1, 0.15) is 5.37 Å². The van der Waals surface area contributed by atoms with Crippen LogP contribution in [0, 0.1) is 0 Å². The first-order valence-electron chi connectivity index (χ1n) is 9.06. The zero-order chi connectivity index (χ0) is 18.5. The van der Waals surface area contributed by atoms with E-state index in [1.165, 1.54) is 24.8 Å². The molecule has 26 heavy (non-hydrogen) atoms. The molecule has 0 unspecified atom stereocenters. The van der Waals surface area contributed by atoms with Crippen LogP contribution in [0.5, 0.6) is 0 Å². The summed E-state index contributed by atoms with van der Waals surface area (Å²) in [5, 5.41) is 1.16. The maximum Gasteiger partial charge on any atom is 0.255 e. The number of thioether (sulfide) groups is 1. The van der Waals surface area contributed by atoms with Gasteiger partial charge in [-0.2, -0.15) is 0 Å². The summed E-state index contributed by atoms with van der Waals surface area (Å²) in [4.78, 5) is 14.9. The second-order valence-corrected chi connectivity index (χ2v) is 8.57. The molecule has 0 spiro atoms. The van der Waals surface area contributed by atoms with Crippen molar-refractivity contribution in [2.24, 2.45) is 0 Å². The molecule has 1 atom stereocenters. The number of unbranched alkanes of at least 4 members (excludes halogenated alkanes) is 2. The van der Waals surface area contributed by atoms with Crippen molar-refractivity contribution in [2.75, 3.05) is 12.3 Å². The summed E-state index contributed by atoms with van der Waals surface area (Å²) in [5.41, 5.74) is 2.98. The van der Waals surface area contributed by atoms with E-state index in [1.54, 1.807) is 17.8 Å². The van der Waals surface area contributed by atoms with Gasteiger partial charge in [0.25, 0.3) is 5.91 Å². The van der Waals surface area contributed by atoms with E-state index < -0.39 is 0 Å². The smallest absolute Gasteiger partial charge is 0.255 e. The van der Waals surface area contributed by atoms with Gasteiger partial charge in [-0.15, -0.1) is 11.8 Å². The first kappa shape index (κ1) is 19.6. The number of aryl methyl sites for hydroxylation is 1. The van der Waals surface area contributed by atoms with Crippen molar-refractivity contribution in [2.45, 2.75) is 38.0 Å². The molecule has 5 heteroatoms. The molecule has 1 amide bonds. The zero-order valence-corrected chi connectivity index (χ0v) is 17.2. The summed E-state index contributed by atoms with van der Waals surface area (Å²) >= 11 is 14.1. The highest BCUT2D eigenvalue weighted by molar-refractivity contribution is 7.99. The summed E-state index contributed by atoms with van der Waals surface area (Å²) < 4.78 is 0. The van der Waals surface area contributed by atoms with Gasteiger partial charge in [-0.25, -0.2) is 0 Å². The fraction of sp³-hybridized carbons (Fsp3) is 0.381. The Morgan fingerprint density at radius 3 is 2.62 bits per heavy atom. The van der Waals surface area contributed by atoms with Gasteiger partial charge in [-0.3, -0.25) is 4.79 Å². The normalized spacial score (nSPS) is 16.9. The first-order chi connectivity index (χ1) is 12.6. The minimum atomic E-state index is -0.0588. The van der Waals surface area contributed by atoms with Crippen LogP contribution < -0.4 is 0 Å². The maximum atomic E-state index is 13.0. The third-order valence-electron chi connectivity index (χ3n) is 4.65. The minimum Gasteiger partial charge on any atom is -0.322 e. The topological polar surface area (TPSA) is 20.3 Å². The van der Waals surface area contributed by atoms with Crippen molar-refractivity contribution in [3.05, 3.63) is 69.2 Å². The summed E-state index contributed by atoms with van der Waals surface area (Å²) in [6.07, 6.45) is 4.74. The lowest BCUT2D eigenvalue weighted by molar-refractivity contribution is 0.0760. The van der Waals surface area contributed by atoms with Crippen molar-refractivity contribution in [1.29, 1.82) is 0 Å². The van der Waals surface area contributed by atoms with Crippen LogP contribution in [0.3, 0.4) is 0 Å². The second-order valence-electron chi connectivity index (χ2n) is 6.54. The number of hydrogen-bond donors (Lipinski definition) is 0. The van der Waals surface area contributed by atoms with Crippen LogP contribution in [0.15, 0.2) is 42.5 Å². The fourth-order valence-electron chi connectivity index (χ4n) is 3.20. The number of amides is 1. The molecule has 1 saturated heterocycles. The van der Waals surface area contributed by atoms with Crippen molar-refractivity contribution in [3.8, 4) is 0 Å². The third-order valence-corrected chi connectivity index (χ3v) is 6.46. The molecule has 138 valence electrons. The number of carbonyl (C=O) groups is 1. The van der Waals surface area contributed by atoms with Gasteiger partial charge in [0.2, 0.25) is 0 Å². The molecule has 1 aliphatic heterocycles. The molecule has 0 saturated carbocycles. The molecule has 0 radical (unpaired) electrons. The summed E-state index contributed by atoms with van der Waals surface area (Å²) in [5.74, 6) is 0.968. The Balaban J connectivity index is 1.73. The largest absolute Gasteiger partial charge is 0.322 e. The molecule has 0 aliphatic carbocycles. The van der Waals surface area contributed by atoms with E-state index in [0.29, 0.717) is 10.0 Å². The number of hydrogen-bond acceptors (Lipinski definition) is 2. The minimum absolute atomic E-state index is 0.0588. The number of carbonyl (C=O) groups excluding carboxylic acids is 1. The van der Waals surface area contributed by atoms with E-state index in [2.05, 4.69) is 19.1 Å². The summed E-state index contributed by atoms with van der Waals surface area (Å²) in [6, 6.07) is 13.6. The molecule has 0 bridgehead atoms. The van der Waals surface area contributed by atoms with Crippen molar-refractivity contribution in [3.63, 3.8) is 0 Å². The lowest BCUT2D eigenvalue weighted by atomic mass is 10.0. The second kappa shape index (κ2) is 9.16. The molecule has 1 aliphatic rings. The Labute approximate surface area is 169 Å². The van der Waals surface area contributed by atoms with E-state index in [0.717, 1.165) is 29.8 Å². The SMILES string of the molecule is CCCCCc1ccc(C(=O)N2CCS[C@H]2c2ccc(Cl)cc2Cl)cc1. The van der Waals surface area contributed by atoms with Gasteiger partial charge in [0.15, 0.2) is 0 Å². The predicted octanol–water partition coefficient (Wildman–Crippen LogP) is 6.61. The molecular weight excluding hydrogens is 385 g/mol. The Morgan fingerprint density at radius 1 is 1.15 bits per heavy atom. The maximum absolute atomic E-state index is 13.0. The van der Waals surface area contributed by atoms with Crippen LogP contribution in [-0.4, -0.2) is 23.1 Å². The highest BCUT2D eigenvalue weighted by Gasteiger charge is 2.32. The molecule has 0 aromatic heterocycles. The highest BCUT2D eigenvalue weighted by Crippen LogP contribution is 2.42. The molecule has 2 nitrogen and oxygen atoms in total. The first-order valence-corrected chi connectivity index (χ1v) is 10.9. The van der Waals surface area contributed by atoms with E-state index in [9.17, 15) is 4.79 Å². The zero-order valence-electron chi connectivity index (χ0n) is 14.9. The number of benzene rings is 2. The fourth-order valence-corrected chi connectivity index (χ4v) is 5.06. The van der Waals surface area contributed by atoms with Crippen LogP contribution in [0.1, 0.15) is 53.0 Å². The average molecular weight is 408 g/mol. The summed E-state index contributed by atoms with van der Waals surface area (Å²) in [6.45, 7) is 2.94. The predicted molar refractivity (Wildman–Crippen MR) is 112 cm³/mol. The Bertz CT molecular complexity index is 763. The summed E-state index contributed by atoms with van der Waals surface area (Å²) in [7, 11) is 0. The third kappa shape index (κ3) is 4.57. The molecule has 0 N–H and O–H groups in total. The van der Waals surface area contributed by atoms with Gasteiger partial charge >= 0.3 is 0 Å². The highest BCUT2D eigenvalue weighted by atomic mass is 35.5. The monoisotopic (exact) mass is 407 g/mol. The van der Waals surface area contributed by atoms with Crippen LogP contribution in [0.4, 0.5) is 0 Å². The quantitative estimate of drug-likeness (QED) is 0.501. The van der Waals surface area contributed by atoms with Crippen molar-refractivity contribution < 1.29 is 4.79 Å². The van der Waals surface area contributed by atoms with E-state index in [-0.39, 0.29) is 11.3 Å². The van der Waals surface area contributed by atoms with Gasteiger partial charge in [0, 0.05) is 33.5 Å². The number of nitrogens with zero attached hydrogens (tertiary/aromatic N) is 1. The van der Waals surface area contributed by atoms with Crippen LogP contribution in [0.25, 0.3) is 0 Å². The average Bonchev–Trinajstić information content (AvgIpc) is 3.11. The lowest BCUT2D eigenvalue weighted by Crippen LogP contribution is -2.30. The van der Waals surface area contributed by atoms with Gasteiger partial charge in [0.05, 0.1) is 0 Å². The van der Waals surface area contributed by atoms with Crippen molar-refractivity contribution >= 4 is 40.9 Å². The number of halogens is 2. The lowest BCUT2D eigenvalue weighted by Gasteiger charge is -2.25. The van der Waals surface area contributed by atoms with Gasteiger partial charge in [-0.05, 0) is 42.7 Å². The van der Waals surface area contributed by atoms with E-state index in [1.807, 2.05) is 29.2 Å². The Morgan fingerprint density at radius 2 is 1.92 bits per heavy atom. The molecule has 3 rings (SSSR count). The van der Waals surface area contributed by atoms with Crippen LogP contribution in [0.2, 0.25) is 10.0 Å². The van der Waals surface area contributed by atoms with Crippen LogP contribution in [-0.2, 0) is 6.42 Å². The molecule has 2 aromatic rings.